The van der Waals surface area contributed by atoms with E-state index in [2.05, 4.69) is 4.98 Å². The number of carboxylic acid groups (broad SMARTS) is 1. The molecule has 0 aliphatic heterocycles. The van der Waals surface area contributed by atoms with E-state index in [0.717, 1.165) is 5.69 Å². The molecule has 0 aliphatic carbocycles. The first kappa shape index (κ1) is 11.3. The molecule has 2 aromatic heterocycles. The number of furan rings is 1. The Bertz CT molecular complexity index is 530. The molecule has 2 N–H and O–H groups in total. The second-order valence-corrected chi connectivity index (χ2v) is 3.64. The number of hydrogen-bond donors (Lipinski definition) is 2. The van der Waals surface area contributed by atoms with Crippen molar-refractivity contribution in [2.24, 2.45) is 0 Å². The molecule has 1 unspecified atom stereocenters. The number of carbonyl (C=O) groups is 1. The Morgan fingerprint density at radius 2 is 2.12 bits per heavy atom. The SMILES string of the molecule is Cc1ccc(C(O)c2ccc(C(=O)O)o2)cn1. The number of pyridine rings is 1. The molecule has 1 atom stereocenters. The van der Waals surface area contributed by atoms with Gasteiger partial charge in [-0.15, -0.1) is 0 Å². The van der Waals surface area contributed by atoms with Crippen LogP contribution in [0.15, 0.2) is 34.9 Å². The lowest BCUT2D eigenvalue weighted by Crippen LogP contribution is -1.99. The molecule has 2 rings (SSSR count). The van der Waals surface area contributed by atoms with Crippen molar-refractivity contribution in [2.45, 2.75) is 13.0 Å². The minimum Gasteiger partial charge on any atom is -0.475 e. The highest BCUT2D eigenvalue weighted by Crippen LogP contribution is 2.23. The summed E-state index contributed by atoms with van der Waals surface area (Å²) in [6.07, 6.45) is 0.527. The molecular weight excluding hydrogens is 222 g/mol. The normalized spacial score (nSPS) is 12.4. The van der Waals surface area contributed by atoms with Crippen molar-refractivity contribution in [3.8, 4) is 0 Å². The Hall–Kier alpha value is -2.14. The lowest BCUT2D eigenvalue weighted by Gasteiger charge is -2.07. The van der Waals surface area contributed by atoms with Gasteiger partial charge in [-0.1, -0.05) is 6.07 Å². The maximum Gasteiger partial charge on any atom is 0.371 e. The van der Waals surface area contributed by atoms with Crippen molar-refractivity contribution in [1.82, 2.24) is 4.98 Å². The molecule has 5 heteroatoms. The Balaban J connectivity index is 2.27. The minimum absolute atomic E-state index is 0.188. The Kier molecular flexibility index (Phi) is 2.93. The molecule has 0 saturated heterocycles. The zero-order valence-corrected chi connectivity index (χ0v) is 9.12. The minimum atomic E-state index is -1.16. The van der Waals surface area contributed by atoms with Gasteiger partial charge in [0.2, 0.25) is 5.76 Å². The standard InChI is InChI=1S/C12H11NO4/c1-7-2-3-8(6-13-7)11(14)9-4-5-10(17-9)12(15)16/h2-6,11,14H,1H3,(H,15,16). The van der Waals surface area contributed by atoms with Gasteiger partial charge in [-0.25, -0.2) is 4.79 Å². The number of aliphatic hydroxyl groups excluding tert-OH is 1. The van der Waals surface area contributed by atoms with Gasteiger partial charge in [0.1, 0.15) is 11.9 Å². The van der Waals surface area contributed by atoms with E-state index in [0.29, 0.717) is 5.56 Å². The number of aromatic carboxylic acids is 1. The number of rotatable bonds is 3. The van der Waals surface area contributed by atoms with Crippen molar-refractivity contribution >= 4 is 5.97 Å². The summed E-state index contributed by atoms with van der Waals surface area (Å²) in [6, 6.07) is 6.23. The average Bonchev–Trinajstić information content (AvgIpc) is 2.78. The largest absolute Gasteiger partial charge is 0.475 e. The molecule has 0 radical (unpaired) electrons. The smallest absolute Gasteiger partial charge is 0.371 e. The van der Waals surface area contributed by atoms with Gasteiger partial charge in [-0.3, -0.25) is 4.98 Å². The molecule has 0 spiro atoms. The van der Waals surface area contributed by atoms with Crippen molar-refractivity contribution in [2.75, 3.05) is 0 Å². The highest BCUT2D eigenvalue weighted by atomic mass is 16.4. The van der Waals surface area contributed by atoms with Crippen LogP contribution in [0, 0.1) is 6.92 Å². The third kappa shape index (κ3) is 2.34. The maximum atomic E-state index is 10.6. The first-order valence-electron chi connectivity index (χ1n) is 5.01. The molecule has 17 heavy (non-hydrogen) atoms. The molecule has 2 aromatic rings. The topological polar surface area (TPSA) is 83.6 Å². The van der Waals surface area contributed by atoms with E-state index < -0.39 is 12.1 Å². The molecule has 0 bridgehead atoms. The fourth-order valence-electron chi connectivity index (χ4n) is 1.42. The van der Waals surface area contributed by atoms with Crippen LogP contribution in [-0.4, -0.2) is 21.2 Å². The molecule has 2 heterocycles. The highest BCUT2D eigenvalue weighted by Gasteiger charge is 2.17. The quantitative estimate of drug-likeness (QED) is 0.843. The van der Waals surface area contributed by atoms with Crippen molar-refractivity contribution < 1.29 is 19.4 Å². The van der Waals surface area contributed by atoms with Crippen LogP contribution in [0.5, 0.6) is 0 Å². The van der Waals surface area contributed by atoms with Crippen LogP contribution in [0.4, 0.5) is 0 Å². The third-order valence-electron chi connectivity index (χ3n) is 2.36. The summed E-state index contributed by atoms with van der Waals surface area (Å²) in [7, 11) is 0. The van der Waals surface area contributed by atoms with Crippen LogP contribution in [0.1, 0.15) is 33.7 Å². The van der Waals surface area contributed by atoms with E-state index in [9.17, 15) is 9.90 Å². The van der Waals surface area contributed by atoms with Crippen LogP contribution in [0.25, 0.3) is 0 Å². The lowest BCUT2D eigenvalue weighted by molar-refractivity contribution is 0.0655. The lowest BCUT2D eigenvalue weighted by atomic mass is 10.1. The number of nitrogens with zero attached hydrogens (tertiary/aromatic N) is 1. The van der Waals surface area contributed by atoms with Crippen molar-refractivity contribution in [1.29, 1.82) is 0 Å². The molecule has 0 saturated carbocycles. The molecule has 0 amide bonds. The fourth-order valence-corrected chi connectivity index (χ4v) is 1.42. The van der Waals surface area contributed by atoms with Crippen LogP contribution in [0.2, 0.25) is 0 Å². The van der Waals surface area contributed by atoms with E-state index in [4.69, 9.17) is 9.52 Å². The van der Waals surface area contributed by atoms with Gasteiger partial charge in [0, 0.05) is 17.5 Å². The van der Waals surface area contributed by atoms with Gasteiger partial charge in [0.15, 0.2) is 0 Å². The maximum absolute atomic E-state index is 10.6. The predicted molar refractivity (Wildman–Crippen MR) is 58.7 cm³/mol. The predicted octanol–water partition coefficient (Wildman–Crippen LogP) is 1.76. The average molecular weight is 233 g/mol. The van der Waals surface area contributed by atoms with E-state index in [-0.39, 0.29) is 11.5 Å². The summed E-state index contributed by atoms with van der Waals surface area (Å²) in [4.78, 5) is 14.7. The Labute approximate surface area is 97.3 Å². The van der Waals surface area contributed by atoms with E-state index in [1.165, 1.54) is 18.3 Å². The summed E-state index contributed by atoms with van der Waals surface area (Å²) >= 11 is 0. The number of carboxylic acids is 1. The summed E-state index contributed by atoms with van der Waals surface area (Å²) in [6.45, 7) is 1.84. The highest BCUT2D eigenvalue weighted by molar-refractivity contribution is 5.84. The fraction of sp³-hybridized carbons (Fsp3) is 0.167. The van der Waals surface area contributed by atoms with Gasteiger partial charge in [0.05, 0.1) is 0 Å². The summed E-state index contributed by atoms with van der Waals surface area (Å²) < 4.78 is 5.01. The third-order valence-corrected chi connectivity index (χ3v) is 2.36. The second-order valence-electron chi connectivity index (χ2n) is 3.64. The van der Waals surface area contributed by atoms with E-state index in [1.54, 1.807) is 12.1 Å². The summed E-state index contributed by atoms with van der Waals surface area (Å²) in [5, 5.41) is 18.7. The zero-order valence-electron chi connectivity index (χ0n) is 9.12. The monoisotopic (exact) mass is 233 g/mol. The van der Waals surface area contributed by atoms with Crippen LogP contribution < -0.4 is 0 Å². The van der Waals surface area contributed by atoms with E-state index >= 15 is 0 Å². The molecule has 0 aliphatic rings. The molecule has 0 aromatic carbocycles. The van der Waals surface area contributed by atoms with Crippen LogP contribution in [-0.2, 0) is 0 Å². The number of aromatic nitrogens is 1. The second kappa shape index (κ2) is 4.39. The molecule has 0 fully saturated rings. The van der Waals surface area contributed by atoms with Crippen LogP contribution in [0.3, 0.4) is 0 Å². The molecule has 5 nitrogen and oxygen atoms in total. The summed E-state index contributed by atoms with van der Waals surface area (Å²) in [5.41, 5.74) is 1.40. The van der Waals surface area contributed by atoms with Gasteiger partial charge >= 0.3 is 5.97 Å². The van der Waals surface area contributed by atoms with E-state index in [1.807, 2.05) is 6.92 Å². The van der Waals surface area contributed by atoms with Gasteiger partial charge in [0.25, 0.3) is 0 Å². The number of aryl methyl sites for hydroxylation is 1. The van der Waals surface area contributed by atoms with Crippen molar-refractivity contribution in [3.63, 3.8) is 0 Å². The van der Waals surface area contributed by atoms with Crippen LogP contribution >= 0.6 is 0 Å². The van der Waals surface area contributed by atoms with Gasteiger partial charge in [-0.2, -0.15) is 0 Å². The van der Waals surface area contributed by atoms with Gasteiger partial charge < -0.3 is 14.6 Å². The number of aliphatic hydroxyl groups is 1. The Morgan fingerprint density at radius 1 is 1.35 bits per heavy atom. The zero-order chi connectivity index (χ0) is 12.4. The summed E-state index contributed by atoms with van der Waals surface area (Å²) in [5.74, 6) is -1.17. The first-order chi connectivity index (χ1) is 8.08. The molecular formula is C12H11NO4. The van der Waals surface area contributed by atoms with Crippen molar-refractivity contribution in [3.05, 3.63) is 53.2 Å². The Morgan fingerprint density at radius 3 is 2.65 bits per heavy atom. The number of hydrogen-bond acceptors (Lipinski definition) is 4. The molecule has 88 valence electrons. The first-order valence-corrected chi connectivity index (χ1v) is 5.01. The van der Waals surface area contributed by atoms with Gasteiger partial charge in [-0.05, 0) is 25.1 Å².